The van der Waals surface area contributed by atoms with Crippen LogP contribution >= 0.6 is 11.3 Å². The highest BCUT2D eigenvalue weighted by atomic mass is 32.1. The van der Waals surface area contributed by atoms with Crippen LogP contribution in [0.3, 0.4) is 0 Å². The van der Waals surface area contributed by atoms with Crippen molar-refractivity contribution in [2.75, 3.05) is 13.2 Å². The smallest absolute Gasteiger partial charge is 0.347 e. The molecule has 8 nitrogen and oxygen atoms in total. The number of carbonyl (C=O) groups excluding carboxylic acids is 1. The molecular formula is C17H19N3O5S. The van der Waals surface area contributed by atoms with E-state index in [0.717, 1.165) is 17.8 Å². The van der Waals surface area contributed by atoms with Crippen molar-refractivity contribution >= 4 is 23.2 Å². The number of aromatic carboxylic acids is 1. The lowest BCUT2D eigenvalue weighted by Crippen LogP contribution is -2.26. The minimum absolute atomic E-state index is 0.0486. The van der Waals surface area contributed by atoms with Gasteiger partial charge < -0.3 is 19.9 Å². The Morgan fingerprint density at radius 2 is 2.31 bits per heavy atom. The highest BCUT2D eigenvalue weighted by Crippen LogP contribution is 2.24. The number of pyridine rings is 1. The SMILES string of the molecule is Cc1nc(C(C)NC(=O)c2ccnc(OC3CCOC3)c2)sc1C(=O)O. The number of rotatable bonds is 6. The molecule has 1 saturated heterocycles. The molecule has 0 aromatic carbocycles. The number of aromatic nitrogens is 2. The number of ether oxygens (including phenoxy) is 2. The van der Waals surface area contributed by atoms with Crippen molar-refractivity contribution in [2.24, 2.45) is 0 Å². The number of nitrogens with zero attached hydrogens (tertiary/aromatic N) is 2. The predicted octanol–water partition coefficient (Wildman–Crippen LogP) is 2.20. The average molecular weight is 377 g/mol. The molecule has 2 aromatic heterocycles. The van der Waals surface area contributed by atoms with Gasteiger partial charge in [0.15, 0.2) is 0 Å². The average Bonchev–Trinajstić information content (AvgIpc) is 3.24. The first kappa shape index (κ1) is 18.3. The molecule has 26 heavy (non-hydrogen) atoms. The summed E-state index contributed by atoms with van der Waals surface area (Å²) in [6.45, 7) is 4.58. The van der Waals surface area contributed by atoms with Gasteiger partial charge in [0.05, 0.1) is 24.9 Å². The molecule has 1 aliphatic heterocycles. The molecule has 138 valence electrons. The van der Waals surface area contributed by atoms with E-state index in [2.05, 4.69) is 15.3 Å². The maximum absolute atomic E-state index is 12.5. The Bertz CT molecular complexity index is 816. The normalized spacial score (nSPS) is 17.7. The molecule has 0 saturated carbocycles. The van der Waals surface area contributed by atoms with Gasteiger partial charge in [-0.15, -0.1) is 11.3 Å². The number of thiazole rings is 1. The summed E-state index contributed by atoms with van der Waals surface area (Å²) in [7, 11) is 0. The van der Waals surface area contributed by atoms with Gasteiger partial charge in [0.25, 0.3) is 5.91 Å². The van der Waals surface area contributed by atoms with Gasteiger partial charge in [-0.05, 0) is 19.9 Å². The van der Waals surface area contributed by atoms with E-state index in [1.807, 2.05) is 0 Å². The van der Waals surface area contributed by atoms with Crippen molar-refractivity contribution < 1.29 is 24.2 Å². The second-order valence-electron chi connectivity index (χ2n) is 5.95. The molecule has 1 aliphatic rings. The van der Waals surface area contributed by atoms with Crippen molar-refractivity contribution in [3.05, 3.63) is 39.5 Å². The van der Waals surface area contributed by atoms with Gasteiger partial charge in [-0.1, -0.05) is 0 Å². The number of carbonyl (C=O) groups is 2. The van der Waals surface area contributed by atoms with Gasteiger partial charge in [-0.2, -0.15) is 0 Å². The summed E-state index contributed by atoms with van der Waals surface area (Å²) >= 11 is 1.06. The molecule has 9 heteroatoms. The van der Waals surface area contributed by atoms with E-state index in [9.17, 15) is 9.59 Å². The van der Waals surface area contributed by atoms with Gasteiger partial charge in [0.1, 0.15) is 16.0 Å². The largest absolute Gasteiger partial charge is 0.477 e. The fourth-order valence-corrected chi connectivity index (χ4v) is 3.44. The summed E-state index contributed by atoms with van der Waals surface area (Å²) in [6.07, 6.45) is 2.26. The van der Waals surface area contributed by atoms with Gasteiger partial charge in [0.2, 0.25) is 5.88 Å². The predicted molar refractivity (Wildman–Crippen MR) is 93.8 cm³/mol. The van der Waals surface area contributed by atoms with Crippen LogP contribution in [0.2, 0.25) is 0 Å². The fraction of sp³-hybridized carbons (Fsp3) is 0.412. The maximum atomic E-state index is 12.5. The van der Waals surface area contributed by atoms with Crippen LogP contribution in [0.25, 0.3) is 0 Å². The Labute approximate surface area is 154 Å². The molecule has 0 radical (unpaired) electrons. The summed E-state index contributed by atoms with van der Waals surface area (Å²) < 4.78 is 11.0. The van der Waals surface area contributed by atoms with Crippen LogP contribution in [0.4, 0.5) is 0 Å². The number of hydrogen-bond donors (Lipinski definition) is 2. The Morgan fingerprint density at radius 3 is 2.96 bits per heavy atom. The monoisotopic (exact) mass is 377 g/mol. The highest BCUT2D eigenvalue weighted by molar-refractivity contribution is 7.13. The molecule has 1 amide bonds. The molecule has 1 fully saturated rings. The van der Waals surface area contributed by atoms with Crippen LogP contribution < -0.4 is 10.1 Å². The Kier molecular flexibility index (Phi) is 5.48. The molecule has 2 unspecified atom stereocenters. The van der Waals surface area contributed by atoms with Crippen LogP contribution in [-0.4, -0.2) is 46.3 Å². The summed E-state index contributed by atoms with van der Waals surface area (Å²) in [6, 6.07) is 2.76. The fourth-order valence-electron chi connectivity index (χ4n) is 2.53. The Hall–Kier alpha value is -2.52. The second-order valence-corrected chi connectivity index (χ2v) is 6.98. The number of carboxylic acids is 1. The lowest BCUT2D eigenvalue weighted by atomic mass is 10.2. The molecule has 2 atom stereocenters. The van der Waals surface area contributed by atoms with E-state index >= 15 is 0 Å². The van der Waals surface area contributed by atoms with Crippen LogP contribution in [0.5, 0.6) is 5.88 Å². The van der Waals surface area contributed by atoms with Crippen molar-refractivity contribution in [1.82, 2.24) is 15.3 Å². The third kappa shape index (κ3) is 4.17. The lowest BCUT2D eigenvalue weighted by molar-refractivity contribution is 0.0701. The van der Waals surface area contributed by atoms with E-state index in [1.54, 1.807) is 26.0 Å². The Balaban J connectivity index is 1.67. The Morgan fingerprint density at radius 1 is 1.50 bits per heavy atom. The van der Waals surface area contributed by atoms with E-state index < -0.39 is 12.0 Å². The molecule has 2 N–H and O–H groups in total. The van der Waals surface area contributed by atoms with Gasteiger partial charge in [-0.25, -0.2) is 14.8 Å². The van der Waals surface area contributed by atoms with E-state index in [4.69, 9.17) is 14.6 Å². The third-order valence-corrected chi connectivity index (χ3v) is 5.23. The topological polar surface area (TPSA) is 111 Å². The number of hydrogen-bond acceptors (Lipinski definition) is 7. The minimum Gasteiger partial charge on any atom is -0.477 e. The van der Waals surface area contributed by atoms with Gasteiger partial charge >= 0.3 is 5.97 Å². The van der Waals surface area contributed by atoms with Crippen molar-refractivity contribution in [3.8, 4) is 5.88 Å². The maximum Gasteiger partial charge on any atom is 0.347 e. The van der Waals surface area contributed by atoms with Gasteiger partial charge in [-0.3, -0.25) is 4.79 Å². The zero-order valence-electron chi connectivity index (χ0n) is 14.4. The number of carboxylic acid groups (broad SMARTS) is 1. The third-order valence-electron chi connectivity index (χ3n) is 3.90. The van der Waals surface area contributed by atoms with Crippen molar-refractivity contribution in [2.45, 2.75) is 32.4 Å². The van der Waals surface area contributed by atoms with Crippen molar-refractivity contribution in [3.63, 3.8) is 0 Å². The number of aryl methyl sites for hydroxylation is 1. The molecule has 0 bridgehead atoms. The highest BCUT2D eigenvalue weighted by Gasteiger charge is 2.21. The molecule has 0 spiro atoms. The first-order valence-corrected chi connectivity index (χ1v) is 8.97. The summed E-state index contributed by atoms with van der Waals surface area (Å²) in [5, 5.41) is 12.5. The van der Waals surface area contributed by atoms with Crippen LogP contribution in [-0.2, 0) is 4.74 Å². The molecule has 3 heterocycles. The molecular weight excluding hydrogens is 358 g/mol. The number of amides is 1. The van der Waals surface area contributed by atoms with Crippen LogP contribution in [0, 0.1) is 6.92 Å². The molecule has 3 rings (SSSR count). The first-order valence-electron chi connectivity index (χ1n) is 8.16. The van der Waals surface area contributed by atoms with Gasteiger partial charge in [0, 0.05) is 24.2 Å². The summed E-state index contributed by atoms with van der Waals surface area (Å²) in [4.78, 5) is 32.2. The summed E-state index contributed by atoms with van der Waals surface area (Å²) in [5.74, 6) is -0.951. The standard InChI is InChI=1S/C17H19N3O5S/c1-9-14(17(22)23)26-16(20-9)10(2)19-15(21)11-3-5-18-13(7-11)25-12-4-6-24-8-12/h3,5,7,10,12H,4,6,8H2,1-2H3,(H,19,21)(H,22,23). The summed E-state index contributed by atoms with van der Waals surface area (Å²) in [5.41, 5.74) is 0.851. The van der Waals surface area contributed by atoms with Crippen LogP contribution in [0.1, 0.15) is 50.1 Å². The minimum atomic E-state index is -1.02. The second kappa shape index (κ2) is 7.79. The molecule has 2 aromatic rings. The van der Waals surface area contributed by atoms with E-state index in [1.165, 1.54) is 6.20 Å². The zero-order valence-corrected chi connectivity index (χ0v) is 15.2. The van der Waals surface area contributed by atoms with Crippen LogP contribution in [0.15, 0.2) is 18.3 Å². The van der Waals surface area contributed by atoms with E-state index in [0.29, 0.717) is 35.4 Å². The zero-order chi connectivity index (χ0) is 18.7. The number of nitrogens with one attached hydrogen (secondary N) is 1. The first-order chi connectivity index (χ1) is 12.4. The van der Waals surface area contributed by atoms with E-state index in [-0.39, 0.29) is 16.9 Å². The van der Waals surface area contributed by atoms with Crippen molar-refractivity contribution in [1.29, 1.82) is 0 Å². The molecule has 0 aliphatic carbocycles. The lowest BCUT2D eigenvalue weighted by Gasteiger charge is -2.13. The quantitative estimate of drug-likeness (QED) is 0.794.